The number of rotatable bonds is 9. The number of carbonyl (C=O) groups excluding carboxylic acids is 1. The number of hydrogen-bond acceptors (Lipinski definition) is 3. The van der Waals surface area contributed by atoms with E-state index >= 15 is 0 Å². The Balaban J connectivity index is 1.58. The van der Waals surface area contributed by atoms with Gasteiger partial charge in [0.25, 0.3) is 0 Å². The summed E-state index contributed by atoms with van der Waals surface area (Å²) in [6.07, 6.45) is 0.821. The van der Waals surface area contributed by atoms with E-state index in [-0.39, 0.29) is 13.0 Å². The van der Waals surface area contributed by atoms with Crippen molar-refractivity contribution in [2.75, 3.05) is 27.7 Å². The number of nitrogens with zero attached hydrogens (tertiary/aromatic N) is 1. The van der Waals surface area contributed by atoms with Crippen molar-refractivity contribution in [3.63, 3.8) is 0 Å². The molecule has 5 heteroatoms. The highest BCUT2D eigenvalue weighted by atomic mass is 16.4. The maximum absolute atomic E-state index is 12.9. The molecule has 0 bridgehead atoms. The zero-order valence-electron chi connectivity index (χ0n) is 18.9. The predicted octanol–water partition coefficient (Wildman–Crippen LogP) is 4.39. The molecular weight excluding hydrogens is 402 g/mol. The summed E-state index contributed by atoms with van der Waals surface area (Å²) in [4.78, 5) is 24.2. The highest BCUT2D eigenvalue weighted by Gasteiger charge is 2.42. The minimum atomic E-state index is -1.85. The summed E-state index contributed by atoms with van der Waals surface area (Å²) < 4.78 is 0.310. The van der Waals surface area contributed by atoms with E-state index in [4.69, 9.17) is 0 Å². The Labute approximate surface area is 187 Å². The molecule has 32 heavy (non-hydrogen) atoms. The second-order valence-electron chi connectivity index (χ2n) is 9.91. The number of hydrogen-bond donors (Lipinski definition) is 2. The Bertz CT molecular complexity index is 1290. The van der Waals surface area contributed by atoms with Gasteiger partial charge in [-0.1, -0.05) is 54.6 Å². The number of likely N-dealkylation sites (N-methyl/N-ethyl adjacent to an activating group) is 1. The third-order valence-corrected chi connectivity index (χ3v) is 6.17. The standard InChI is InChI=1S/C27H29NO4/c1-28(2,3)17-27(32,16-24(30)31)23(29)9-5-6-18-10-11-21-13-12-19-7-4-8-20-14-15-22(18)26(21)25(19)20/h4,7-8,10-15,32H,5-6,9,16-17H2,1-3H3/p+1. The molecule has 0 radical (unpaired) electrons. The summed E-state index contributed by atoms with van der Waals surface area (Å²) in [5.41, 5.74) is -0.691. The van der Waals surface area contributed by atoms with Gasteiger partial charge >= 0.3 is 5.97 Å². The first-order valence-corrected chi connectivity index (χ1v) is 11.0. The highest BCUT2D eigenvalue weighted by molar-refractivity contribution is 6.23. The SMILES string of the molecule is C[N+](C)(C)CC(O)(CC(=O)O)C(=O)CCCc1ccc2ccc3cccc4ccc1c2c34. The van der Waals surface area contributed by atoms with E-state index in [0.717, 1.165) is 5.56 Å². The number of carbonyl (C=O) groups is 2. The van der Waals surface area contributed by atoms with Gasteiger partial charge < -0.3 is 14.7 Å². The third-order valence-electron chi connectivity index (χ3n) is 6.17. The van der Waals surface area contributed by atoms with E-state index in [1.54, 1.807) is 0 Å². The fourth-order valence-corrected chi connectivity index (χ4v) is 4.96. The van der Waals surface area contributed by atoms with Crippen LogP contribution in [-0.4, -0.2) is 59.7 Å². The van der Waals surface area contributed by atoms with Gasteiger partial charge in [-0.2, -0.15) is 0 Å². The Morgan fingerprint density at radius 2 is 1.47 bits per heavy atom. The first-order chi connectivity index (χ1) is 15.1. The van der Waals surface area contributed by atoms with E-state index in [2.05, 4.69) is 54.6 Å². The zero-order valence-corrected chi connectivity index (χ0v) is 18.9. The number of Topliss-reactive ketones (excluding diaryl/α,β-unsaturated/α-hetero) is 1. The number of aryl methyl sites for hydroxylation is 1. The number of carboxylic acid groups (broad SMARTS) is 1. The van der Waals surface area contributed by atoms with Gasteiger partial charge in [0.2, 0.25) is 0 Å². The molecule has 0 amide bonds. The Hall–Kier alpha value is -3.02. The van der Waals surface area contributed by atoms with Crippen molar-refractivity contribution in [3.05, 3.63) is 60.2 Å². The fraction of sp³-hybridized carbons (Fsp3) is 0.333. The molecule has 0 heterocycles. The lowest BCUT2D eigenvalue weighted by molar-refractivity contribution is -0.875. The number of carboxylic acids is 1. The number of quaternary nitrogens is 1. The molecule has 4 aromatic rings. The molecule has 2 N–H and O–H groups in total. The summed E-state index contributed by atoms with van der Waals surface area (Å²) in [5, 5.41) is 27.4. The van der Waals surface area contributed by atoms with Crippen LogP contribution in [-0.2, 0) is 16.0 Å². The van der Waals surface area contributed by atoms with Gasteiger partial charge in [0.1, 0.15) is 6.54 Å². The molecule has 166 valence electrons. The van der Waals surface area contributed by atoms with E-state index in [1.165, 1.54) is 32.3 Å². The topological polar surface area (TPSA) is 74.6 Å². The van der Waals surface area contributed by atoms with Crippen molar-refractivity contribution in [2.24, 2.45) is 0 Å². The van der Waals surface area contributed by atoms with Crippen LogP contribution in [0.4, 0.5) is 0 Å². The van der Waals surface area contributed by atoms with Crippen molar-refractivity contribution in [1.82, 2.24) is 0 Å². The van der Waals surface area contributed by atoms with Crippen LogP contribution in [0.2, 0.25) is 0 Å². The number of aliphatic hydroxyl groups is 1. The average molecular weight is 433 g/mol. The van der Waals surface area contributed by atoms with Crippen LogP contribution in [0, 0.1) is 0 Å². The molecule has 1 atom stereocenters. The average Bonchev–Trinajstić information content (AvgIpc) is 2.70. The molecule has 5 nitrogen and oxygen atoms in total. The predicted molar refractivity (Wildman–Crippen MR) is 128 cm³/mol. The van der Waals surface area contributed by atoms with Gasteiger partial charge in [0.05, 0.1) is 27.6 Å². The highest BCUT2D eigenvalue weighted by Crippen LogP contribution is 2.36. The smallest absolute Gasteiger partial charge is 0.306 e. The van der Waals surface area contributed by atoms with Crippen molar-refractivity contribution in [3.8, 4) is 0 Å². The first-order valence-electron chi connectivity index (χ1n) is 11.0. The third kappa shape index (κ3) is 4.31. The lowest BCUT2D eigenvalue weighted by atomic mass is 9.88. The largest absolute Gasteiger partial charge is 0.481 e. The maximum atomic E-state index is 12.9. The summed E-state index contributed by atoms with van der Waals surface area (Å²) in [6.45, 7) is 0.0663. The quantitative estimate of drug-likeness (QED) is 0.304. The van der Waals surface area contributed by atoms with Crippen LogP contribution < -0.4 is 0 Å². The van der Waals surface area contributed by atoms with Crippen LogP contribution in [0.3, 0.4) is 0 Å². The number of aliphatic carboxylic acids is 1. The van der Waals surface area contributed by atoms with Crippen molar-refractivity contribution < 1.29 is 24.3 Å². The van der Waals surface area contributed by atoms with Crippen molar-refractivity contribution in [1.29, 1.82) is 0 Å². The molecule has 0 aliphatic rings. The van der Waals surface area contributed by atoms with Crippen molar-refractivity contribution >= 4 is 44.1 Å². The Kier molecular flexibility index (Phi) is 5.65. The van der Waals surface area contributed by atoms with Gasteiger partial charge in [-0.3, -0.25) is 9.59 Å². The van der Waals surface area contributed by atoms with Gasteiger partial charge in [-0.15, -0.1) is 0 Å². The molecule has 0 aliphatic heterocycles. The Morgan fingerprint density at radius 3 is 2.09 bits per heavy atom. The van der Waals surface area contributed by atoms with Gasteiger partial charge in [0.15, 0.2) is 11.4 Å². The molecule has 1 unspecified atom stereocenters. The molecule has 0 aliphatic carbocycles. The number of ketones is 1. The maximum Gasteiger partial charge on any atom is 0.306 e. The lowest BCUT2D eigenvalue weighted by Crippen LogP contribution is -2.54. The first kappa shape index (κ1) is 22.2. The molecule has 0 saturated carbocycles. The summed E-state index contributed by atoms with van der Waals surface area (Å²) in [6, 6.07) is 19.2. The second kappa shape index (κ2) is 8.15. The molecule has 4 aromatic carbocycles. The van der Waals surface area contributed by atoms with Crippen molar-refractivity contribution in [2.45, 2.75) is 31.3 Å². The molecule has 0 spiro atoms. The van der Waals surface area contributed by atoms with Gasteiger partial charge in [0, 0.05) is 6.42 Å². The monoisotopic (exact) mass is 432 g/mol. The van der Waals surface area contributed by atoms with Crippen LogP contribution in [0.15, 0.2) is 54.6 Å². The minimum Gasteiger partial charge on any atom is -0.481 e. The summed E-state index contributed by atoms with van der Waals surface area (Å²) >= 11 is 0. The summed E-state index contributed by atoms with van der Waals surface area (Å²) in [5.74, 6) is -1.56. The van der Waals surface area contributed by atoms with E-state index in [1.807, 2.05) is 21.1 Å². The van der Waals surface area contributed by atoms with Crippen LogP contribution in [0.25, 0.3) is 32.3 Å². The lowest BCUT2D eigenvalue weighted by Gasteiger charge is -2.33. The normalized spacial score (nSPS) is 14.2. The van der Waals surface area contributed by atoms with Crippen LogP contribution in [0.5, 0.6) is 0 Å². The fourth-order valence-electron chi connectivity index (χ4n) is 4.96. The van der Waals surface area contributed by atoms with Crippen LogP contribution >= 0.6 is 0 Å². The van der Waals surface area contributed by atoms with E-state index in [9.17, 15) is 19.8 Å². The molecule has 0 fully saturated rings. The van der Waals surface area contributed by atoms with E-state index in [0.29, 0.717) is 17.3 Å². The minimum absolute atomic E-state index is 0.0663. The Morgan fingerprint density at radius 1 is 0.875 bits per heavy atom. The van der Waals surface area contributed by atoms with Gasteiger partial charge in [-0.05, 0) is 50.7 Å². The summed E-state index contributed by atoms with van der Waals surface area (Å²) in [7, 11) is 5.51. The molecule has 0 aromatic heterocycles. The molecular formula is C27H30NO4+. The van der Waals surface area contributed by atoms with Crippen LogP contribution in [0.1, 0.15) is 24.8 Å². The van der Waals surface area contributed by atoms with E-state index < -0.39 is 23.8 Å². The number of benzene rings is 4. The van der Waals surface area contributed by atoms with Gasteiger partial charge in [-0.25, -0.2) is 0 Å². The second-order valence-corrected chi connectivity index (χ2v) is 9.91. The molecule has 0 saturated heterocycles. The zero-order chi connectivity index (χ0) is 23.1. The molecule has 4 rings (SSSR count).